The van der Waals surface area contributed by atoms with Crippen molar-refractivity contribution < 1.29 is 9.59 Å². The number of amides is 2. The number of guanidine groups is 2. The lowest BCUT2D eigenvalue weighted by atomic mass is 10.2. The zero-order chi connectivity index (χ0) is 20.5. The Morgan fingerprint density at radius 2 is 0.933 bits per heavy atom. The highest BCUT2D eigenvalue weighted by Crippen LogP contribution is 2.17. The molecule has 0 aliphatic rings. The van der Waals surface area contributed by atoms with E-state index in [1.165, 1.54) is 0 Å². The van der Waals surface area contributed by atoms with Gasteiger partial charge in [-0.15, -0.1) is 24.8 Å². The zero-order valence-corrected chi connectivity index (χ0v) is 17.5. The molecule has 0 aromatic heterocycles. The fourth-order valence-corrected chi connectivity index (χ4v) is 2.21. The summed E-state index contributed by atoms with van der Waals surface area (Å²) in [5.74, 6) is -0.664. The molecule has 10 N–H and O–H groups in total. The van der Waals surface area contributed by atoms with Gasteiger partial charge >= 0.3 is 0 Å². The number of nitrogens with one attached hydrogen (secondary N) is 2. The number of halogens is 2. The maximum absolute atomic E-state index is 12.0. The standard InChI is InChI=1S/C18H22N8O2.2ClH/c19-17(20)25-13-5-1-11(2-6-13)23-15(27)9-10-16(28)24-12-3-7-14(8-4-12)26-18(21)22;;/h1-8H,9-10H2,(H,23,27)(H,24,28)(H4,19,20,25)(H4,21,22,26);2*1H. The van der Waals surface area contributed by atoms with Crippen molar-refractivity contribution in [1.29, 1.82) is 0 Å². The Balaban J connectivity index is 0.00000420. The van der Waals surface area contributed by atoms with Gasteiger partial charge in [-0.1, -0.05) is 0 Å². The van der Waals surface area contributed by atoms with Gasteiger partial charge in [0.05, 0.1) is 11.4 Å². The Kier molecular flexibility index (Phi) is 11.4. The second-order valence-electron chi connectivity index (χ2n) is 5.76. The Bertz CT molecular complexity index is 816. The van der Waals surface area contributed by atoms with Crippen molar-refractivity contribution in [2.24, 2.45) is 32.9 Å². The molecule has 0 aliphatic heterocycles. The van der Waals surface area contributed by atoms with Gasteiger partial charge in [-0.2, -0.15) is 0 Å². The predicted molar refractivity (Wildman–Crippen MR) is 125 cm³/mol. The van der Waals surface area contributed by atoms with Gasteiger partial charge in [0, 0.05) is 24.2 Å². The van der Waals surface area contributed by atoms with Gasteiger partial charge in [0.15, 0.2) is 11.9 Å². The van der Waals surface area contributed by atoms with Crippen molar-refractivity contribution in [1.82, 2.24) is 0 Å². The van der Waals surface area contributed by atoms with Gasteiger partial charge < -0.3 is 33.6 Å². The van der Waals surface area contributed by atoms with Crippen LogP contribution in [0, 0.1) is 0 Å². The summed E-state index contributed by atoms with van der Waals surface area (Å²) in [7, 11) is 0. The molecule has 0 unspecified atom stereocenters. The van der Waals surface area contributed by atoms with Gasteiger partial charge in [-0.3, -0.25) is 9.59 Å². The summed E-state index contributed by atoms with van der Waals surface area (Å²) in [6.45, 7) is 0. The van der Waals surface area contributed by atoms with Crippen LogP contribution in [0.4, 0.5) is 22.7 Å². The van der Waals surface area contributed by atoms with Gasteiger partial charge in [-0.25, -0.2) is 9.98 Å². The van der Waals surface area contributed by atoms with E-state index in [1.54, 1.807) is 48.5 Å². The smallest absolute Gasteiger partial charge is 0.224 e. The number of carbonyl (C=O) groups is 2. The topological polar surface area (TPSA) is 187 Å². The van der Waals surface area contributed by atoms with Crippen LogP contribution in [0.15, 0.2) is 58.5 Å². The van der Waals surface area contributed by atoms with Crippen molar-refractivity contribution in [3.8, 4) is 0 Å². The lowest BCUT2D eigenvalue weighted by Gasteiger charge is -2.07. The molecule has 162 valence electrons. The lowest BCUT2D eigenvalue weighted by molar-refractivity contribution is -0.121. The summed E-state index contributed by atoms with van der Waals surface area (Å²) in [5, 5.41) is 5.40. The highest BCUT2D eigenvalue weighted by molar-refractivity contribution is 5.97. The van der Waals surface area contributed by atoms with Crippen molar-refractivity contribution in [2.45, 2.75) is 12.8 Å². The van der Waals surface area contributed by atoms with Crippen LogP contribution >= 0.6 is 24.8 Å². The summed E-state index contributed by atoms with van der Waals surface area (Å²) in [6.07, 6.45) is 0.0706. The third kappa shape index (κ3) is 9.62. The number of nitrogens with two attached hydrogens (primary N) is 4. The van der Waals surface area contributed by atoms with Crippen LogP contribution in [0.2, 0.25) is 0 Å². The molecule has 0 bridgehead atoms. The molecule has 2 amide bonds. The molecule has 0 atom stereocenters. The first-order valence-electron chi connectivity index (χ1n) is 8.31. The molecule has 0 heterocycles. The first-order valence-corrected chi connectivity index (χ1v) is 8.31. The minimum atomic E-state index is -0.284. The highest BCUT2D eigenvalue weighted by Gasteiger charge is 2.08. The molecule has 2 rings (SSSR count). The summed E-state index contributed by atoms with van der Waals surface area (Å²) in [6, 6.07) is 13.3. The molecule has 0 fully saturated rings. The second kappa shape index (κ2) is 12.9. The molecule has 0 radical (unpaired) electrons. The molecule has 0 saturated carbocycles. The summed E-state index contributed by atoms with van der Waals surface area (Å²) >= 11 is 0. The summed E-state index contributed by atoms with van der Waals surface area (Å²) in [4.78, 5) is 31.7. The summed E-state index contributed by atoms with van der Waals surface area (Å²) < 4.78 is 0. The average Bonchev–Trinajstić information content (AvgIpc) is 2.62. The van der Waals surface area contributed by atoms with Crippen LogP contribution in [0.3, 0.4) is 0 Å². The number of aliphatic imine (C=N–C) groups is 2. The molecule has 30 heavy (non-hydrogen) atoms. The van der Waals surface area contributed by atoms with E-state index in [9.17, 15) is 9.59 Å². The van der Waals surface area contributed by atoms with Crippen molar-refractivity contribution in [2.75, 3.05) is 10.6 Å². The lowest BCUT2D eigenvalue weighted by Crippen LogP contribution is -2.21. The molecule has 2 aromatic rings. The number of nitrogens with zero attached hydrogens (tertiary/aromatic N) is 2. The van der Waals surface area contributed by atoms with E-state index in [1.807, 2.05) is 0 Å². The van der Waals surface area contributed by atoms with E-state index in [-0.39, 0.29) is 61.4 Å². The molecule has 12 heteroatoms. The number of hydrogen-bond acceptors (Lipinski definition) is 4. The average molecular weight is 455 g/mol. The minimum absolute atomic E-state index is 0. The van der Waals surface area contributed by atoms with Crippen LogP contribution in [0.25, 0.3) is 0 Å². The zero-order valence-electron chi connectivity index (χ0n) is 15.9. The van der Waals surface area contributed by atoms with E-state index in [0.717, 1.165) is 0 Å². The molecule has 0 saturated heterocycles. The van der Waals surface area contributed by atoms with E-state index < -0.39 is 0 Å². The van der Waals surface area contributed by atoms with Crippen LogP contribution in [0.1, 0.15) is 12.8 Å². The Hall–Kier alpha value is -3.50. The monoisotopic (exact) mass is 454 g/mol. The van der Waals surface area contributed by atoms with E-state index in [4.69, 9.17) is 22.9 Å². The molecule has 10 nitrogen and oxygen atoms in total. The predicted octanol–water partition coefficient (Wildman–Crippen LogP) is 1.70. The van der Waals surface area contributed by atoms with E-state index in [0.29, 0.717) is 22.7 Å². The number of carbonyl (C=O) groups excluding carboxylic acids is 2. The Morgan fingerprint density at radius 1 is 0.633 bits per heavy atom. The number of benzene rings is 2. The maximum atomic E-state index is 12.0. The normalized spacial score (nSPS) is 9.20. The van der Waals surface area contributed by atoms with E-state index >= 15 is 0 Å². The molecule has 0 spiro atoms. The number of hydrogen-bond donors (Lipinski definition) is 6. The van der Waals surface area contributed by atoms with Gasteiger partial charge in [0.1, 0.15) is 0 Å². The third-order valence-corrected chi connectivity index (χ3v) is 3.40. The Labute approximate surface area is 186 Å². The number of anilines is 2. The van der Waals surface area contributed by atoms with Gasteiger partial charge in [0.2, 0.25) is 11.8 Å². The van der Waals surface area contributed by atoms with Crippen molar-refractivity contribution >= 4 is 71.3 Å². The van der Waals surface area contributed by atoms with E-state index in [2.05, 4.69) is 20.6 Å². The van der Waals surface area contributed by atoms with Crippen LogP contribution in [-0.4, -0.2) is 23.7 Å². The van der Waals surface area contributed by atoms with Crippen molar-refractivity contribution in [3.05, 3.63) is 48.5 Å². The fourth-order valence-electron chi connectivity index (χ4n) is 2.21. The highest BCUT2D eigenvalue weighted by atomic mass is 35.5. The summed E-state index contributed by atoms with van der Waals surface area (Å²) in [5.41, 5.74) is 23.5. The Morgan fingerprint density at radius 3 is 1.20 bits per heavy atom. The molecular formula is C18H24Cl2N8O2. The molecule has 0 aliphatic carbocycles. The van der Waals surface area contributed by atoms with Crippen LogP contribution in [-0.2, 0) is 9.59 Å². The van der Waals surface area contributed by atoms with Crippen LogP contribution < -0.4 is 33.6 Å². The SMILES string of the molecule is Cl.Cl.NC(N)=Nc1ccc(NC(=O)CCC(=O)Nc2ccc(N=C(N)N)cc2)cc1. The van der Waals surface area contributed by atoms with Gasteiger partial charge in [-0.05, 0) is 48.5 Å². The second-order valence-corrected chi connectivity index (χ2v) is 5.76. The molecule has 2 aromatic carbocycles. The molecular weight excluding hydrogens is 431 g/mol. The minimum Gasteiger partial charge on any atom is -0.370 e. The quantitative estimate of drug-likeness (QED) is 0.272. The van der Waals surface area contributed by atoms with Crippen molar-refractivity contribution in [3.63, 3.8) is 0 Å². The fraction of sp³-hybridized carbons (Fsp3) is 0.111. The first kappa shape index (κ1) is 26.5. The van der Waals surface area contributed by atoms with Gasteiger partial charge in [0.25, 0.3) is 0 Å². The maximum Gasteiger partial charge on any atom is 0.224 e. The first-order chi connectivity index (χ1) is 13.3. The van der Waals surface area contributed by atoms with Crippen LogP contribution in [0.5, 0.6) is 0 Å². The third-order valence-electron chi connectivity index (χ3n) is 3.40. The number of rotatable bonds is 7. The largest absolute Gasteiger partial charge is 0.370 e.